The van der Waals surface area contributed by atoms with Crippen LogP contribution in [0.15, 0.2) is 59.5 Å². The minimum atomic E-state index is -3.90. The van der Waals surface area contributed by atoms with E-state index in [1.165, 1.54) is 19.2 Å². The Kier molecular flexibility index (Phi) is 5.38. The maximum Gasteiger partial charge on any atom is 0.263 e. The zero-order valence-corrected chi connectivity index (χ0v) is 18.2. The van der Waals surface area contributed by atoms with Gasteiger partial charge < -0.3 is 15.2 Å². The number of sulfonamides is 1. The third kappa shape index (κ3) is 3.97. The molecule has 0 aliphatic rings. The molecule has 160 valence electrons. The third-order valence-corrected chi connectivity index (χ3v) is 6.64. The number of hydrogen-bond acceptors (Lipinski definition) is 6. The Morgan fingerprint density at radius 2 is 1.74 bits per heavy atom. The van der Waals surface area contributed by atoms with E-state index in [4.69, 9.17) is 26.8 Å². The number of hydrogen-bond donors (Lipinski definition) is 3. The number of benzene rings is 3. The van der Waals surface area contributed by atoms with E-state index in [0.717, 1.165) is 16.6 Å². The number of methoxy groups -OCH3 is 2. The van der Waals surface area contributed by atoms with E-state index in [2.05, 4.69) is 14.9 Å². The van der Waals surface area contributed by atoms with Crippen LogP contribution in [0.2, 0.25) is 5.02 Å². The number of H-pyrrole nitrogens is 1. The van der Waals surface area contributed by atoms with E-state index >= 15 is 0 Å². The number of aromatic nitrogens is 2. The van der Waals surface area contributed by atoms with Gasteiger partial charge in [0.25, 0.3) is 10.0 Å². The van der Waals surface area contributed by atoms with Crippen molar-refractivity contribution in [3.8, 4) is 22.6 Å². The van der Waals surface area contributed by atoms with Crippen molar-refractivity contribution in [2.75, 3.05) is 24.7 Å². The van der Waals surface area contributed by atoms with Gasteiger partial charge in [-0.15, -0.1) is 0 Å². The second-order valence-electron chi connectivity index (χ2n) is 6.69. The highest BCUT2D eigenvalue weighted by atomic mass is 35.5. The summed E-state index contributed by atoms with van der Waals surface area (Å²) >= 11 is 6.08. The first-order valence-electron chi connectivity index (χ1n) is 9.11. The molecule has 0 fully saturated rings. The highest BCUT2D eigenvalue weighted by Crippen LogP contribution is 2.35. The summed E-state index contributed by atoms with van der Waals surface area (Å²) in [6, 6.07) is 15.1. The lowest BCUT2D eigenvalue weighted by Crippen LogP contribution is -2.13. The molecule has 0 saturated heterocycles. The first-order valence-corrected chi connectivity index (χ1v) is 11.0. The average Bonchev–Trinajstić information content (AvgIpc) is 3.14. The van der Waals surface area contributed by atoms with Gasteiger partial charge in [-0.25, -0.2) is 8.42 Å². The summed E-state index contributed by atoms with van der Waals surface area (Å²) < 4.78 is 38.6. The van der Waals surface area contributed by atoms with E-state index in [1.54, 1.807) is 37.4 Å². The van der Waals surface area contributed by atoms with Gasteiger partial charge in [0.05, 0.1) is 30.1 Å². The van der Waals surface area contributed by atoms with Gasteiger partial charge in [0.1, 0.15) is 16.4 Å². The van der Waals surface area contributed by atoms with Gasteiger partial charge in [-0.2, -0.15) is 5.10 Å². The van der Waals surface area contributed by atoms with Gasteiger partial charge in [0.15, 0.2) is 5.82 Å². The number of fused-ring (bicyclic) bond motifs is 1. The molecule has 3 aromatic carbocycles. The van der Waals surface area contributed by atoms with E-state index in [0.29, 0.717) is 28.4 Å². The van der Waals surface area contributed by atoms with Crippen molar-refractivity contribution in [1.29, 1.82) is 0 Å². The van der Waals surface area contributed by atoms with Gasteiger partial charge in [0.2, 0.25) is 0 Å². The van der Waals surface area contributed by atoms with Gasteiger partial charge in [0, 0.05) is 11.8 Å². The Labute approximate surface area is 184 Å². The van der Waals surface area contributed by atoms with Crippen molar-refractivity contribution < 1.29 is 17.9 Å². The van der Waals surface area contributed by atoms with Crippen LogP contribution in [0.25, 0.3) is 22.0 Å². The van der Waals surface area contributed by atoms with E-state index in [1.807, 2.05) is 12.1 Å². The molecule has 0 aliphatic carbocycles. The molecule has 0 unspecified atom stereocenters. The van der Waals surface area contributed by atoms with Crippen LogP contribution in [0.4, 0.5) is 11.5 Å². The van der Waals surface area contributed by atoms with Crippen molar-refractivity contribution in [2.45, 2.75) is 4.90 Å². The maximum atomic E-state index is 12.8. The number of halogens is 1. The van der Waals surface area contributed by atoms with Crippen molar-refractivity contribution >= 4 is 44.0 Å². The smallest absolute Gasteiger partial charge is 0.263 e. The maximum absolute atomic E-state index is 12.8. The molecule has 10 heteroatoms. The second-order valence-corrected chi connectivity index (χ2v) is 8.75. The molecule has 4 N–H and O–H groups in total. The number of nitrogens with two attached hydrogens (primary N) is 1. The fourth-order valence-electron chi connectivity index (χ4n) is 3.23. The molecule has 1 heterocycles. The molecule has 0 amide bonds. The topological polar surface area (TPSA) is 119 Å². The minimum Gasteiger partial charge on any atom is -0.497 e. The van der Waals surface area contributed by atoms with Crippen LogP contribution in [0.5, 0.6) is 11.5 Å². The normalized spacial score (nSPS) is 11.5. The quantitative estimate of drug-likeness (QED) is 0.396. The summed E-state index contributed by atoms with van der Waals surface area (Å²) in [7, 11) is -0.884. The highest BCUT2D eigenvalue weighted by molar-refractivity contribution is 7.92. The second kappa shape index (κ2) is 8.01. The summed E-state index contributed by atoms with van der Waals surface area (Å²) in [4.78, 5) is -0.0652. The lowest BCUT2D eigenvalue weighted by molar-refractivity contribution is 0.413. The van der Waals surface area contributed by atoms with Gasteiger partial charge >= 0.3 is 0 Å². The van der Waals surface area contributed by atoms with Crippen LogP contribution < -0.4 is 19.9 Å². The third-order valence-electron chi connectivity index (χ3n) is 4.77. The number of rotatable bonds is 6. The standard InChI is InChI=1S/C21H19ClN4O4S/c1-29-15-7-8-16(22)19(11-15)31(27,28)26-14-5-3-12(4-6-14)13-9-17-20(18(10-13)30-2)21(23)25-24-17/h3-11,26H,1-2H3,(H3,23,24,25). The lowest BCUT2D eigenvalue weighted by atomic mass is 10.0. The van der Waals surface area contributed by atoms with Crippen molar-refractivity contribution in [2.24, 2.45) is 0 Å². The number of nitrogens with one attached hydrogen (secondary N) is 2. The Hall–Kier alpha value is -3.43. The number of ether oxygens (including phenoxy) is 2. The zero-order chi connectivity index (χ0) is 22.2. The molecule has 0 bridgehead atoms. The molecular weight excluding hydrogens is 440 g/mol. The van der Waals surface area contributed by atoms with Crippen molar-refractivity contribution in [3.63, 3.8) is 0 Å². The highest BCUT2D eigenvalue weighted by Gasteiger charge is 2.19. The predicted molar refractivity (Wildman–Crippen MR) is 121 cm³/mol. The van der Waals surface area contributed by atoms with E-state index in [9.17, 15) is 8.42 Å². The van der Waals surface area contributed by atoms with Crippen LogP contribution in [-0.4, -0.2) is 32.8 Å². The summed E-state index contributed by atoms with van der Waals surface area (Å²) in [6.07, 6.45) is 0. The van der Waals surface area contributed by atoms with Crippen LogP contribution in [-0.2, 0) is 10.0 Å². The van der Waals surface area contributed by atoms with Crippen LogP contribution in [0.1, 0.15) is 0 Å². The zero-order valence-electron chi connectivity index (χ0n) is 16.6. The summed E-state index contributed by atoms with van der Waals surface area (Å²) in [6.45, 7) is 0. The SMILES string of the molecule is COc1ccc(Cl)c(S(=O)(=O)Nc2ccc(-c3cc(OC)c4c(N)n[nH]c4c3)cc2)c1. The van der Waals surface area contributed by atoms with Gasteiger partial charge in [-0.05, 0) is 47.5 Å². The fraction of sp³-hybridized carbons (Fsp3) is 0.0952. The van der Waals surface area contributed by atoms with Crippen molar-refractivity contribution in [3.05, 3.63) is 59.6 Å². The van der Waals surface area contributed by atoms with Gasteiger partial charge in [-0.3, -0.25) is 9.82 Å². The minimum absolute atomic E-state index is 0.0652. The molecule has 4 rings (SSSR count). The summed E-state index contributed by atoms with van der Waals surface area (Å²) in [5.74, 6) is 1.35. The van der Waals surface area contributed by atoms with Gasteiger partial charge in [-0.1, -0.05) is 23.7 Å². The number of aromatic amines is 1. The predicted octanol–water partition coefficient (Wildman–Crippen LogP) is 4.28. The Bertz CT molecular complexity index is 1370. The summed E-state index contributed by atoms with van der Waals surface area (Å²) in [5, 5.41) is 7.71. The molecule has 8 nitrogen and oxygen atoms in total. The first-order chi connectivity index (χ1) is 14.8. The molecule has 0 aliphatic heterocycles. The molecule has 0 radical (unpaired) electrons. The van der Waals surface area contributed by atoms with E-state index in [-0.39, 0.29) is 9.92 Å². The molecule has 31 heavy (non-hydrogen) atoms. The largest absolute Gasteiger partial charge is 0.497 e. The number of anilines is 2. The molecule has 0 spiro atoms. The summed E-state index contributed by atoms with van der Waals surface area (Å²) in [5.41, 5.74) is 8.74. The fourth-order valence-corrected chi connectivity index (χ4v) is 4.80. The Morgan fingerprint density at radius 1 is 1.00 bits per heavy atom. The monoisotopic (exact) mass is 458 g/mol. The number of nitrogen functional groups attached to an aromatic ring is 1. The van der Waals surface area contributed by atoms with Crippen LogP contribution in [0.3, 0.4) is 0 Å². The van der Waals surface area contributed by atoms with Crippen LogP contribution >= 0.6 is 11.6 Å². The van der Waals surface area contributed by atoms with Crippen LogP contribution in [0, 0.1) is 0 Å². The molecule has 4 aromatic rings. The number of nitrogens with zero attached hydrogens (tertiary/aromatic N) is 1. The molecular formula is C21H19ClN4O4S. The molecule has 1 aromatic heterocycles. The molecule has 0 atom stereocenters. The Morgan fingerprint density at radius 3 is 2.42 bits per heavy atom. The van der Waals surface area contributed by atoms with Crippen molar-refractivity contribution in [1.82, 2.24) is 10.2 Å². The average molecular weight is 459 g/mol. The van der Waals surface area contributed by atoms with E-state index < -0.39 is 10.0 Å². The molecule has 0 saturated carbocycles. The Balaban J connectivity index is 1.64. The first kappa shape index (κ1) is 20.8. The lowest BCUT2D eigenvalue weighted by Gasteiger charge is -2.12.